The van der Waals surface area contributed by atoms with Crippen LogP contribution in [0.15, 0.2) is 71.5 Å². The van der Waals surface area contributed by atoms with E-state index < -0.39 is 0 Å². The number of piperidine rings is 1. The summed E-state index contributed by atoms with van der Waals surface area (Å²) in [5, 5.41) is 7.24. The van der Waals surface area contributed by atoms with Gasteiger partial charge in [0.15, 0.2) is 0 Å². The average molecular weight is 402 g/mol. The maximum Gasteiger partial charge on any atom is 0.267 e. The molecule has 4 rings (SSSR count). The molecule has 1 N–H and O–H groups in total. The highest BCUT2D eigenvalue weighted by molar-refractivity contribution is 5.75. The van der Waals surface area contributed by atoms with Crippen molar-refractivity contribution in [3.63, 3.8) is 0 Å². The van der Waals surface area contributed by atoms with Crippen LogP contribution in [-0.2, 0) is 17.9 Å². The third kappa shape index (κ3) is 4.95. The number of hydrogen-bond acceptors (Lipinski definition) is 4. The summed E-state index contributed by atoms with van der Waals surface area (Å²) < 4.78 is 1.22. The summed E-state index contributed by atoms with van der Waals surface area (Å²) in [6.45, 7) is 2.51. The number of nitrogens with zero attached hydrogens (tertiary/aromatic N) is 3. The molecular weight excluding hydrogens is 376 g/mol. The van der Waals surface area contributed by atoms with E-state index in [0.717, 1.165) is 24.2 Å². The maximum absolute atomic E-state index is 12.3. The number of rotatable bonds is 6. The second-order valence-electron chi connectivity index (χ2n) is 7.57. The van der Waals surface area contributed by atoms with Crippen molar-refractivity contribution >= 4 is 11.6 Å². The van der Waals surface area contributed by atoms with Crippen LogP contribution in [0.3, 0.4) is 0 Å². The zero-order valence-electron chi connectivity index (χ0n) is 17.0. The van der Waals surface area contributed by atoms with Gasteiger partial charge in [0.2, 0.25) is 5.91 Å². The quantitative estimate of drug-likeness (QED) is 0.688. The van der Waals surface area contributed by atoms with Gasteiger partial charge in [0.25, 0.3) is 5.56 Å². The largest absolute Gasteiger partial charge is 0.372 e. The second-order valence-corrected chi connectivity index (χ2v) is 7.57. The fraction of sp³-hybridized carbons (Fsp3) is 0.292. The highest BCUT2D eigenvalue weighted by atomic mass is 16.2. The van der Waals surface area contributed by atoms with Crippen molar-refractivity contribution in [2.75, 3.05) is 18.0 Å². The van der Waals surface area contributed by atoms with Crippen molar-refractivity contribution in [1.82, 2.24) is 15.1 Å². The summed E-state index contributed by atoms with van der Waals surface area (Å²) in [5.74, 6) is -0.244. The summed E-state index contributed by atoms with van der Waals surface area (Å²) in [5.41, 5.74) is 3.53. The summed E-state index contributed by atoms with van der Waals surface area (Å²) in [6.07, 6.45) is 3.78. The fourth-order valence-corrected chi connectivity index (χ4v) is 3.70. The van der Waals surface area contributed by atoms with E-state index in [1.54, 1.807) is 6.07 Å². The van der Waals surface area contributed by atoms with Crippen LogP contribution in [0.25, 0.3) is 11.3 Å². The molecule has 2 aromatic carbocycles. The minimum atomic E-state index is -0.293. The van der Waals surface area contributed by atoms with Crippen LogP contribution in [0.2, 0.25) is 0 Å². The van der Waals surface area contributed by atoms with E-state index in [4.69, 9.17) is 0 Å². The summed E-state index contributed by atoms with van der Waals surface area (Å²) in [4.78, 5) is 26.9. The van der Waals surface area contributed by atoms with Gasteiger partial charge in [0.05, 0.1) is 5.69 Å². The third-order valence-electron chi connectivity index (χ3n) is 5.38. The molecule has 2 heterocycles. The molecule has 0 spiro atoms. The van der Waals surface area contributed by atoms with Crippen LogP contribution in [0.5, 0.6) is 0 Å². The zero-order chi connectivity index (χ0) is 20.8. The Bertz CT molecular complexity index is 1040. The van der Waals surface area contributed by atoms with Crippen LogP contribution in [0.4, 0.5) is 5.69 Å². The van der Waals surface area contributed by atoms with Crippen molar-refractivity contribution in [3.8, 4) is 11.3 Å². The number of benzene rings is 2. The lowest BCUT2D eigenvalue weighted by Gasteiger charge is -2.28. The Labute approximate surface area is 176 Å². The highest BCUT2D eigenvalue weighted by Crippen LogP contribution is 2.23. The molecule has 0 aliphatic carbocycles. The third-order valence-corrected chi connectivity index (χ3v) is 5.38. The van der Waals surface area contributed by atoms with Gasteiger partial charge in [0.1, 0.15) is 6.54 Å². The van der Waals surface area contributed by atoms with Gasteiger partial charge >= 0.3 is 0 Å². The van der Waals surface area contributed by atoms with Crippen LogP contribution in [-0.4, -0.2) is 28.8 Å². The van der Waals surface area contributed by atoms with Gasteiger partial charge in [-0.25, -0.2) is 4.68 Å². The molecule has 1 amide bonds. The lowest BCUT2D eigenvalue weighted by atomic mass is 10.1. The first-order chi connectivity index (χ1) is 14.7. The number of carbonyl (C=O) groups is 1. The molecule has 6 heteroatoms. The van der Waals surface area contributed by atoms with Gasteiger partial charge in [-0.1, -0.05) is 42.5 Å². The van der Waals surface area contributed by atoms with E-state index in [0.29, 0.717) is 12.2 Å². The first-order valence-corrected chi connectivity index (χ1v) is 10.4. The van der Waals surface area contributed by atoms with Crippen molar-refractivity contribution < 1.29 is 4.79 Å². The molecule has 1 aliphatic heterocycles. The van der Waals surface area contributed by atoms with Crippen molar-refractivity contribution in [3.05, 3.63) is 82.6 Å². The highest BCUT2D eigenvalue weighted by Gasteiger charge is 2.12. The second kappa shape index (κ2) is 9.39. The molecule has 0 bridgehead atoms. The molecule has 1 aromatic heterocycles. The number of carbonyl (C=O) groups excluding carboxylic acids is 1. The van der Waals surface area contributed by atoms with Crippen LogP contribution in [0.1, 0.15) is 24.8 Å². The molecule has 154 valence electrons. The Balaban J connectivity index is 1.43. The number of anilines is 1. The fourth-order valence-electron chi connectivity index (χ4n) is 3.70. The molecule has 0 radical (unpaired) electrons. The van der Waals surface area contributed by atoms with Gasteiger partial charge < -0.3 is 10.2 Å². The molecule has 3 aromatic rings. The van der Waals surface area contributed by atoms with Gasteiger partial charge in [-0.2, -0.15) is 5.10 Å². The summed E-state index contributed by atoms with van der Waals surface area (Å²) in [7, 11) is 0. The van der Waals surface area contributed by atoms with E-state index in [1.807, 2.05) is 42.5 Å². The van der Waals surface area contributed by atoms with Crippen LogP contribution in [0, 0.1) is 0 Å². The van der Waals surface area contributed by atoms with Gasteiger partial charge in [0, 0.05) is 37.0 Å². The Kier molecular flexibility index (Phi) is 6.23. The number of aromatic nitrogens is 2. The number of amides is 1. The van der Waals surface area contributed by atoms with E-state index in [2.05, 4.69) is 27.4 Å². The Hall–Kier alpha value is -3.41. The molecule has 0 unspecified atom stereocenters. The predicted octanol–water partition coefficient (Wildman–Crippen LogP) is 3.22. The molecule has 1 aliphatic rings. The molecular formula is C24H26N4O2. The standard InChI is InChI=1S/C24H26N4O2/c29-23(25-17-19-7-3-1-4-8-19)18-28-24(30)14-13-22(26-28)20-9-11-21(12-10-20)27-15-5-2-6-16-27/h1,3-4,7-14H,2,5-6,15-18H2,(H,25,29). The first-order valence-electron chi connectivity index (χ1n) is 10.4. The SMILES string of the molecule is O=C(Cn1nc(-c2ccc(N3CCCCC3)cc2)ccc1=O)NCc1ccccc1. The summed E-state index contributed by atoms with van der Waals surface area (Å²) >= 11 is 0. The smallest absolute Gasteiger partial charge is 0.267 e. The lowest BCUT2D eigenvalue weighted by molar-refractivity contribution is -0.122. The minimum Gasteiger partial charge on any atom is -0.372 e. The van der Waals surface area contributed by atoms with Crippen LogP contribution >= 0.6 is 0 Å². The maximum atomic E-state index is 12.3. The molecule has 30 heavy (non-hydrogen) atoms. The molecule has 6 nitrogen and oxygen atoms in total. The predicted molar refractivity (Wildman–Crippen MR) is 118 cm³/mol. The Morgan fingerprint density at radius 3 is 2.37 bits per heavy atom. The van der Waals surface area contributed by atoms with Gasteiger partial charge in [-0.15, -0.1) is 0 Å². The normalized spacial score (nSPS) is 13.8. The number of nitrogens with one attached hydrogen (secondary N) is 1. The molecule has 1 saturated heterocycles. The molecule has 0 saturated carbocycles. The Morgan fingerprint density at radius 1 is 0.900 bits per heavy atom. The first kappa shape index (κ1) is 19.9. The van der Waals surface area contributed by atoms with E-state index >= 15 is 0 Å². The van der Waals surface area contributed by atoms with Crippen molar-refractivity contribution in [2.45, 2.75) is 32.4 Å². The van der Waals surface area contributed by atoms with Crippen molar-refractivity contribution in [2.24, 2.45) is 0 Å². The lowest BCUT2D eigenvalue weighted by Crippen LogP contribution is -2.33. The van der Waals surface area contributed by atoms with Gasteiger partial charge in [-0.3, -0.25) is 9.59 Å². The topological polar surface area (TPSA) is 67.2 Å². The van der Waals surface area contributed by atoms with Gasteiger partial charge in [-0.05, 0) is 43.0 Å². The minimum absolute atomic E-state index is 0.106. The Morgan fingerprint density at radius 2 is 1.63 bits per heavy atom. The van der Waals surface area contributed by atoms with E-state index in [1.165, 1.54) is 35.7 Å². The van der Waals surface area contributed by atoms with Crippen molar-refractivity contribution in [1.29, 1.82) is 0 Å². The number of hydrogen-bond donors (Lipinski definition) is 1. The van der Waals surface area contributed by atoms with Crippen LogP contribution < -0.4 is 15.8 Å². The van der Waals surface area contributed by atoms with E-state index in [-0.39, 0.29) is 18.0 Å². The molecule has 0 atom stereocenters. The molecule has 1 fully saturated rings. The monoisotopic (exact) mass is 402 g/mol. The summed E-state index contributed by atoms with van der Waals surface area (Å²) in [6, 6.07) is 21.1. The van der Waals surface area contributed by atoms with E-state index in [9.17, 15) is 9.59 Å². The average Bonchev–Trinajstić information content (AvgIpc) is 2.80. The zero-order valence-corrected chi connectivity index (χ0v) is 17.0.